The topological polar surface area (TPSA) is 51.3 Å². The van der Waals surface area contributed by atoms with Gasteiger partial charge in [-0.05, 0) is 18.9 Å². The van der Waals surface area contributed by atoms with Crippen LogP contribution in [0, 0.1) is 0 Å². The van der Waals surface area contributed by atoms with E-state index in [1.165, 1.54) is 12.8 Å². The average molecular weight is 259 g/mol. The van der Waals surface area contributed by atoms with Crippen LogP contribution >= 0.6 is 0 Å². The zero-order valence-electron chi connectivity index (χ0n) is 11.0. The molecule has 1 aliphatic rings. The first-order valence-corrected chi connectivity index (χ1v) is 6.73. The molecule has 0 unspecified atom stereocenters. The van der Waals surface area contributed by atoms with Crippen LogP contribution in [-0.4, -0.2) is 11.8 Å². The van der Waals surface area contributed by atoms with Crippen molar-refractivity contribution in [1.82, 2.24) is 4.98 Å². The molecule has 0 saturated heterocycles. The Kier molecular flexibility index (Phi) is 3.15. The molecule has 1 aliphatic heterocycles. The minimum absolute atomic E-state index is 0.0403. The number of rotatable bonds is 4. The first-order valence-electron chi connectivity index (χ1n) is 6.73. The van der Waals surface area contributed by atoms with Gasteiger partial charge in [-0.3, -0.25) is 4.79 Å². The Labute approximate surface area is 111 Å². The van der Waals surface area contributed by atoms with Gasteiger partial charge in [-0.15, -0.1) is 0 Å². The summed E-state index contributed by atoms with van der Waals surface area (Å²) < 4.78 is 10.6. The van der Waals surface area contributed by atoms with Crippen molar-refractivity contribution in [3.05, 3.63) is 34.1 Å². The van der Waals surface area contributed by atoms with Gasteiger partial charge in [0.25, 0.3) is 0 Å². The predicted molar refractivity (Wildman–Crippen MR) is 73.9 cm³/mol. The maximum absolute atomic E-state index is 12.1. The van der Waals surface area contributed by atoms with Crippen LogP contribution in [-0.2, 0) is 6.42 Å². The van der Waals surface area contributed by atoms with Crippen molar-refractivity contribution in [2.45, 2.75) is 32.6 Å². The molecule has 1 aromatic carbocycles. The highest BCUT2D eigenvalue weighted by atomic mass is 16.7. The lowest BCUT2D eigenvalue weighted by atomic mass is 10.1. The number of unbranched alkanes of at least 4 members (excludes halogenated alkanes) is 2. The molecule has 1 aromatic heterocycles. The molecule has 4 heteroatoms. The second-order valence-electron chi connectivity index (χ2n) is 4.87. The fourth-order valence-electron chi connectivity index (χ4n) is 2.39. The van der Waals surface area contributed by atoms with Crippen molar-refractivity contribution >= 4 is 10.9 Å². The summed E-state index contributed by atoms with van der Waals surface area (Å²) in [5, 5.41) is 0.656. The number of aryl methyl sites for hydroxylation is 1. The van der Waals surface area contributed by atoms with E-state index in [0.29, 0.717) is 16.9 Å². The number of hydrogen-bond donors (Lipinski definition) is 1. The van der Waals surface area contributed by atoms with Crippen molar-refractivity contribution in [2.75, 3.05) is 6.79 Å². The van der Waals surface area contributed by atoms with Crippen LogP contribution in [0.15, 0.2) is 23.0 Å². The first kappa shape index (κ1) is 12.1. The predicted octanol–water partition coefficient (Wildman–Crippen LogP) is 2.99. The molecule has 0 radical (unpaired) electrons. The number of benzene rings is 1. The highest BCUT2D eigenvalue weighted by Crippen LogP contribution is 2.34. The van der Waals surface area contributed by atoms with Crippen LogP contribution in [0.25, 0.3) is 10.9 Å². The van der Waals surface area contributed by atoms with E-state index in [4.69, 9.17) is 9.47 Å². The molecule has 1 N–H and O–H groups in total. The monoisotopic (exact) mass is 259 g/mol. The molecule has 4 nitrogen and oxygen atoms in total. The highest BCUT2D eigenvalue weighted by Gasteiger charge is 2.15. The van der Waals surface area contributed by atoms with Crippen LogP contribution < -0.4 is 14.9 Å². The number of aromatic nitrogens is 1. The van der Waals surface area contributed by atoms with Gasteiger partial charge in [0.05, 0.1) is 5.52 Å². The van der Waals surface area contributed by atoms with Gasteiger partial charge in [0, 0.05) is 23.2 Å². The summed E-state index contributed by atoms with van der Waals surface area (Å²) in [5.41, 5.74) is 1.85. The first-order chi connectivity index (χ1) is 9.28. The van der Waals surface area contributed by atoms with Crippen molar-refractivity contribution in [3.8, 4) is 11.5 Å². The molecule has 2 aromatic rings. The number of aromatic amines is 1. The maximum atomic E-state index is 12.1. The van der Waals surface area contributed by atoms with Gasteiger partial charge < -0.3 is 14.5 Å². The van der Waals surface area contributed by atoms with Gasteiger partial charge in [0.2, 0.25) is 6.79 Å². The molecule has 0 saturated carbocycles. The zero-order chi connectivity index (χ0) is 13.2. The molecule has 3 rings (SSSR count). The number of ether oxygens (including phenoxy) is 2. The second kappa shape index (κ2) is 4.96. The van der Waals surface area contributed by atoms with Crippen LogP contribution in [0.5, 0.6) is 11.5 Å². The van der Waals surface area contributed by atoms with Crippen LogP contribution in [0.4, 0.5) is 0 Å². The number of hydrogen-bond acceptors (Lipinski definition) is 3. The van der Waals surface area contributed by atoms with Gasteiger partial charge in [-0.25, -0.2) is 0 Å². The Hall–Kier alpha value is -1.97. The van der Waals surface area contributed by atoms with Gasteiger partial charge in [0.15, 0.2) is 16.9 Å². The third kappa shape index (κ3) is 2.30. The molecule has 100 valence electrons. The van der Waals surface area contributed by atoms with Gasteiger partial charge in [-0.2, -0.15) is 0 Å². The average Bonchev–Trinajstić information content (AvgIpc) is 2.84. The van der Waals surface area contributed by atoms with E-state index in [1.54, 1.807) is 12.1 Å². The molecular weight excluding hydrogens is 242 g/mol. The molecule has 0 atom stereocenters. The summed E-state index contributed by atoms with van der Waals surface area (Å²) in [6.45, 7) is 2.40. The van der Waals surface area contributed by atoms with E-state index in [-0.39, 0.29) is 12.2 Å². The zero-order valence-corrected chi connectivity index (χ0v) is 11.0. The number of pyridine rings is 1. The fourth-order valence-corrected chi connectivity index (χ4v) is 2.39. The number of fused-ring (bicyclic) bond motifs is 2. The van der Waals surface area contributed by atoms with E-state index in [9.17, 15) is 4.79 Å². The Balaban J connectivity index is 2.00. The molecular formula is C15H17NO3. The van der Waals surface area contributed by atoms with Crippen LogP contribution in [0.2, 0.25) is 0 Å². The van der Waals surface area contributed by atoms with Crippen molar-refractivity contribution in [1.29, 1.82) is 0 Å². The van der Waals surface area contributed by atoms with Gasteiger partial charge >= 0.3 is 0 Å². The molecule has 0 fully saturated rings. The summed E-state index contributed by atoms with van der Waals surface area (Å²) in [7, 11) is 0. The summed E-state index contributed by atoms with van der Waals surface area (Å²) >= 11 is 0. The Morgan fingerprint density at radius 2 is 1.95 bits per heavy atom. The molecule has 0 spiro atoms. The summed E-state index contributed by atoms with van der Waals surface area (Å²) in [6, 6.07) is 5.30. The molecule has 19 heavy (non-hydrogen) atoms. The molecule has 0 bridgehead atoms. The van der Waals surface area contributed by atoms with Crippen LogP contribution in [0.3, 0.4) is 0 Å². The van der Waals surface area contributed by atoms with Crippen LogP contribution in [0.1, 0.15) is 31.9 Å². The Morgan fingerprint density at radius 3 is 2.74 bits per heavy atom. The van der Waals surface area contributed by atoms with E-state index in [2.05, 4.69) is 11.9 Å². The van der Waals surface area contributed by atoms with Gasteiger partial charge in [0.1, 0.15) is 0 Å². The number of nitrogens with one attached hydrogen (secondary N) is 1. The third-order valence-corrected chi connectivity index (χ3v) is 3.43. The minimum Gasteiger partial charge on any atom is -0.454 e. The standard InChI is InChI=1S/C15H17NO3/c1-2-3-4-5-10-6-13(17)11-7-14-15(19-9-18-14)8-12(11)16-10/h6-8H,2-5,9H2,1H3,(H,16,17). The normalized spacial score (nSPS) is 13.1. The fraction of sp³-hybridized carbons (Fsp3) is 0.400. The van der Waals surface area contributed by atoms with Crippen molar-refractivity contribution in [3.63, 3.8) is 0 Å². The quantitative estimate of drug-likeness (QED) is 0.859. The summed E-state index contributed by atoms with van der Waals surface area (Å²) in [6.07, 6.45) is 4.37. The third-order valence-electron chi connectivity index (χ3n) is 3.43. The van der Waals surface area contributed by atoms with E-state index in [0.717, 1.165) is 24.1 Å². The van der Waals surface area contributed by atoms with Gasteiger partial charge in [-0.1, -0.05) is 19.8 Å². The molecule has 0 aliphatic carbocycles. The van der Waals surface area contributed by atoms with Crippen molar-refractivity contribution < 1.29 is 9.47 Å². The SMILES string of the molecule is CCCCCc1cc(=O)c2cc3c(cc2[nH]1)OCO3. The number of H-pyrrole nitrogens is 1. The van der Waals surface area contributed by atoms with E-state index >= 15 is 0 Å². The Bertz CT molecular complexity index is 660. The highest BCUT2D eigenvalue weighted by molar-refractivity contribution is 5.82. The molecule has 2 heterocycles. The summed E-state index contributed by atoms with van der Waals surface area (Å²) in [5.74, 6) is 1.35. The van der Waals surface area contributed by atoms with Crippen molar-refractivity contribution in [2.24, 2.45) is 0 Å². The van der Waals surface area contributed by atoms with E-state index in [1.807, 2.05) is 6.07 Å². The van der Waals surface area contributed by atoms with E-state index < -0.39 is 0 Å². The molecule has 0 amide bonds. The second-order valence-corrected chi connectivity index (χ2v) is 4.87. The minimum atomic E-state index is 0.0403. The maximum Gasteiger partial charge on any atom is 0.231 e. The lowest BCUT2D eigenvalue weighted by Gasteiger charge is -2.05. The largest absolute Gasteiger partial charge is 0.454 e. The smallest absolute Gasteiger partial charge is 0.231 e. The summed E-state index contributed by atoms with van der Waals surface area (Å²) in [4.78, 5) is 15.4. The Morgan fingerprint density at radius 1 is 1.16 bits per heavy atom. The lowest BCUT2D eigenvalue weighted by Crippen LogP contribution is -2.05. The lowest BCUT2D eigenvalue weighted by molar-refractivity contribution is 0.174.